The lowest BCUT2D eigenvalue weighted by atomic mass is 10.1. The molecule has 0 amide bonds. The minimum Gasteiger partial charge on any atom is -0.383 e. The van der Waals surface area contributed by atoms with Gasteiger partial charge in [0.1, 0.15) is 5.82 Å². The largest absolute Gasteiger partial charge is 0.383 e. The number of halogens is 1. The van der Waals surface area contributed by atoms with E-state index in [0.29, 0.717) is 13.2 Å². The van der Waals surface area contributed by atoms with E-state index in [0.717, 1.165) is 22.7 Å². The zero-order chi connectivity index (χ0) is 17.5. The van der Waals surface area contributed by atoms with Gasteiger partial charge in [-0.05, 0) is 24.6 Å². The number of fused-ring (bicyclic) bond motifs is 1. The highest BCUT2D eigenvalue weighted by molar-refractivity contribution is 14.0. The fourth-order valence-corrected chi connectivity index (χ4v) is 2.51. The quantitative estimate of drug-likeness (QED) is 0.397. The average Bonchev–Trinajstić information content (AvgIpc) is 2.58. The Morgan fingerprint density at radius 3 is 2.68 bits per heavy atom. The normalized spacial score (nSPS) is 12.4. The van der Waals surface area contributed by atoms with Crippen molar-refractivity contribution < 1.29 is 4.74 Å². The molecular formula is C18H28IN5O. The Morgan fingerprint density at radius 2 is 2.04 bits per heavy atom. The van der Waals surface area contributed by atoms with Gasteiger partial charge in [-0.25, -0.2) is 4.98 Å². The van der Waals surface area contributed by atoms with Gasteiger partial charge < -0.3 is 20.3 Å². The van der Waals surface area contributed by atoms with E-state index in [4.69, 9.17) is 9.72 Å². The third-order valence-electron chi connectivity index (χ3n) is 3.72. The second kappa shape index (κ2) is 10.4. The lowest BCUT2D eigenvalue weighted by Gasteiger charge is -2.19. The molecule has 0 bridgehead atoms. The molecule has 0 aliphatic carbocycles. The smallest absolute Gasteiger partial charge is 0.191 e. The summed E-state index contributed by atoms with van der Waals surface area (Å²) >= 11 is 0. The Morgan fingerprint density at radius 1 is 1.32 bits per heavy atom. The molecule has 6 nitrogen and oxygen atoms in total. The second-order valence-corrected chi connectivity index (χ2v) is 5.98. The summed E-state index contributed by atoms with van der Waals surface area (Å²) in [6.45, 7) is 3.36. The maximum atomic E-state index is 5.15. The first-order valence-corrected chi connectivity index (χ1v) is 8.07. The third kappa shape index (κ3) is 6.00. The minimum atomic E-state index is 0. The number of nitrogens with zero attached hydrogens (tertiary/aromatic N) is 3. The van der Waals surface area contributed by atoms with Crippen molar-refractivity contribution in [1.29, 1.82) is 0 Å². The van der Waals surface area contributed by atoms with Gasteiger partial charge in [-0.3, -0.25) is 4.99 Å². The molecule has 0 radical (unpaired) electrons. The van der Waals surface area contributed by atoms with E-state index in [-0.39, 0.29) is 30.0 Å². The van der Waals surface area contributed by atoms with Crippen LogP contribution in [0.15, 0.2) is 35.3 Å². The van der Waals surface area contributed by atoms with Gasteiger partial charge in [0, 0.05) is 46.2 Å². The van der Waals surface area contributed by atoms with E-state index in [1.54, 1.807) is 14.2 Å². The molecular weight excluding hydrogens is 429 g/mol. The number of pyridine rings is 1. The third-order valence-corrected chi connectivity index (χ3v) is 3.72. The van der Waals surface area contributed by atoms with Crippen LogP contribution in [0.5, 0.6) is 0 Å². The minimum absolute atomic E-state index is 0. The van der Waals surface area contributed by atoms with Gasteiger partial charge >= 0.3 is 0 Å². The molecule has 0 aliphatic heterocycles. The maximum Gasteiger partial charge on any atom is 0.191 e. The second-order valence-electron chi connectivity index (χ2n) is 5.98. The Labute approximate surface area is 167 Å². The molecule has 1 aromatic heterocycles. The predicted octanol–water partition coefficient (Wildman–Crippen LogP) is 2.62. The van der Waals surface area contributed by atoms with Crippen LogP contribution in [0.4, 0.5) is 5.82 Å². The Hall–Kier alpha value is -1.61. The summed E-state index contributed by atoms with van der Waals surface area (Å²) in [4.78, 5) is 11.0. The van der Waals surface area contributed by atoms with Gasteiger partial charge in [-0.2, -0.15) is 0 Å². The number of methoxy groups -OCH3 is 1. The predicted molar refractivity (Wildman–Crippen MR) is 116 cm³/mol. The zero-order valence-electron chi connectivity index (χ0n) is 15.5. The molecule has 0 saturated heterocycles. The number of hydrogen-bond acceptors (Lipinski definition) is 4. The van der Waals surface area contributed by atoms with Crippen LogP contribution in [0.3, 0.4) is 0 Å². The SMILES string of the molecule is CN=C(NCc1cc(N(C)C)nc2ccccc12)NC(C)COC.I. The lowest BCUT2D eigenvalue weighted by molar-refractivity contribution is 0.179. The van der Waals surface area contributed by atoms with Crippen LogP contribution in [0.2, 0.25) is 0 Å². The Balaban J connectivity index is 0.00000312. The maximum absolute atomic E-state index is 5.15. The highest BCUT2D eigenvalue weighted by atomic mass is 127. The highest BCUT2D eigenvalue weighted by Gasteiger charge is 2.09. The molecule has 1 heterocycles. The number of hydrogen-bond donors (Lipinski definition) is 2. The van der Waals surface area contributed by atoms with Crippen molar-refractivity contribution in [2.75, 3.05) is 39.8 Å². The first kappa shape index (κ1) is 21.4. The van der Waals surface area contributed by atoms with Crippen LogP contribution >= 0.6 is 24.0 Å². The van der Waals surface area contributed by atoms with Crippen molar-refractivity contribution in [3.05, 3.63) is 35.9 Å². The summed E-state index contributed by atoms with van der Waals surface area (Å²) < 4.78 is 5.15. The van der Waals surface area contributed by atoms with Gasteiger partial charge in [0.25, 0.3) is 0 Å². The number of nitrogens with one attached hydrogen (secondary N) is 2. The van der Waals surface area contributed by atoms with E-state index < -0.39 is 0 Å². The zero-order valence-corrected chi connectivity index (χ0v) is 17.9. The fourth-order valence-electron chi connectivity index (χ4n) is 2.51. The number of anilines is 1. The number of rotatable bonds is 6. The van der Waals surface area contributed by atoms with Crippen LogP contribution in [-0.2, 0) is 11.3 Å². The standard InChI is InChI=1S/C18H27N5O.HI/c1-13(12-24-5)21-18(19-2)20-11-14-10-17(23(3)4)22-16-9-7-6-8-15(14)16;/h6-10,13H,11-12H2,1-5H3,(H2,19,20,21);1H. The molecule has 2 N–H and O–H groups in total. The van der Waals surface area contributed by atoms with E-state index in [9.17, 15) is 0 Å². The van der Waals surface area contributed by atoms with Gasteiger partial charge in [-0.1, -0.05) is 18.2 Å². The van der Waals surface area contributed by atoms with Gasteiger partial charge in [0.15, 0.2) is 5.96 Å². The molecule has 2 aromatic rings. The molecule has 0 aliphatic rings. The van der Waals surface area contributed by atoms with E-state index >= 15 is 0 Å². The highest BCUT2D eigenvalue weighted by Crippen LogP contribution is 2.21. The topological polar surface area (TPSA) is 61.8 Å². The summed E-state index contributed by atoms with van der Waals surface area (Å²) in [7, 11) is 7.47. The van der Waals surface area contributed by atoms with E-state index in [1.165, 1.54) is 5.56 Å². The van der Waals surface area contributed by atoms with Crippen molar-refractivity contribution in [3.63, 3.8) is 0 Å². The lowest BCUT2D eigenvalue weighted by Crippen LogP contribution is -2.43. The Bertz CT molecular complexity index is 705. The molecule has 0 spiro atoms. The summed E-state index contributed by atoms with van der Waals surface area (Å²) in [6, 6.07) is 10.5. The van der Waals surface area contributed by atoms with Gasteiger partial charge in [-0.15, -0.1) is 24.0 Å². The van der Waals surface area contributed by atoms with Gasteiger partial charge in [0.2, 0.25) is 0 Å². The molecule has 1 aromatic carbocycles. The van der Waals surface area contributed by atoms with E-state index in [2.05, 4.69) is 34.7 Å². The Kier molecular flexibility index (Phi) is 8.91. The van der Waals surface area contributed by atoms with Crippen LogP contribution in [0, 0.1) is 0 Å². The van der Waals surface area contributed by atoms with Crippen LogP contribution in [-0.4, -0.2) is 51.8 Å². The number of aromatic nitrogens is 1. The number of aliphatic imine (C=N–C) groups is 1. The van der Waals surface area contributed by atoms with Crippen molar-refractivity contribution in [2.45, 2.75) is 19.5 Å². The number of ether oxygens (including phenoxy) is 1. The molecule has 1 atom stereocenters. The molecule has 0 saturated carbocycles. The first-order chi connectivity index (χ1) is 11.5. The van der Waals surface area contributed by atoms with Crippen LogP contribution in [0.25, 0.3) is 10.9 Å². The number of para-hydroxylation sites is 1. The summed E-state index contributed by atoms with van der Waals surface area (Å²) in [5, 5.41) is 7.83. The molecule has 2 rings (SSSR count). The van der Waals surface area contributed by atoms with Gasteiger partial charge in [0.05, 0.1) is 12.1 Å². The van der Waals surface area contributed by atoms with Crippen LogP contribution in [0.1, 0.15) is 12.5 Å². The fraction of sp³-hybridized carbons (Fsp3) is 0.444. The molecule has 138 valence electrons. The molecule has 25 heavy (non-hydrogen) atoms. The van der Waals surface area contributed by atoms with Crippen molar-refractivity contribution in [2.24, 2.45) is 4.99 Å². The number of benzene rings is 1. The summed E-state index contributed by atoms with van der Waals surface area (Å²) in [5.41, 5.74) is 2.18. The summed E-state index contributed by atoms with van der Waals surface area (Å²) in [6.07, 6.45) is 0. The van der Waals surface area contributed by atoms with Crippen molar-refractivity contribution in [3.8, 4) is 0 Å². The van der Waals surface area contributed by atoms with E-state index in [1.807, 2.05) is 37.2 Å². The average molecular weight is 457 g/mol. The first-order valence-electron chi connectivity index (χ1n) is 8.07. The molecule has 1 unspecified atom stereocenters. The molecule has 7 heteroatoms. The summed E-state index contributed by atoms with van der Waals surface area (Å²) in [5.74, 6) is 1.70. The molecule has 0 fully saturated rings. The number of guanidine groups is 1. The monoisotopic (exact) mass is 457 g/mol. The van der Waals surface area contributed by atoms with Crippen LogP contribution < -0.4 is 15.5 Å². The van der Waals surface area contributed by atoms with Crippen molar-refractivity contribution >= 4 is 46.7 Å². The van der Waals surface area contributed by atoms with Crippen molar-refractivity contribution in [1.82, 2.24) is 15.6 Å².